The van der Waals surface area contributed by atoms with Crippen LogP contribution in [0.1, 0.15) is 36.8 Å². The normalized spacial score (nSPS) is 19.5. The van der Waals surface area contributed by atoms with Crippen LogP contribution in [0.25, 0.3) is 0 Å². The molecule has 7 nitrogen and oxygen atoms in total. The van der Waals surface area contributed by atoms with Crippen molar-refractivity contribution in [3.05, 3.63) is 47.8 Å². The summed E-state index contributed by atoms with van der Waals surface area (Å²) in [7, 11) is 0. The maximum atomic E-state index is 11.8. The molecular formula is C21H27N5O2. The van der Waals surface area contributed by atoms with Gasteiger partial charge in [-0.05, 0) is 30.4 Å². The number of nitrogens with one attached hydrogen (secondary N) is 1. The number of rotatable bonds is 7. The number of aliphatic hydroxyl groups excluding tert-OH is 1. The minimum absolute atomic E-state index is 0.151. The lowest BCUT2D eigenvalue weighted by atomic mass is 10.1. The number of amides is 1. The molecule has 28 heavy (non-hydrogen) atoms. The average molecular weight is 381 g/mol. The third kappa shape index (κ3) is 4.25. The van der Waals surface area contributed by atoms with Crippen LogP contribution < -0.4 is 10.2 Å². The molecular weight excluding hydrogens is 354 g/mol. The molecule has 1 aromatic heterocycles. The van der Waals surface area contributed by atoms with Gasteiger partial charge >= 0.3 is 0 Å². The Bertz CT molecular complexity index is 811. The monoisotopic (exact) mass is 381 g/mol. The van der Waals surface area contributed by atoms with E-state index in [1.165, 1.54) is 0 Å². The molecule has 7 heteroatoms. The van der Waals surface area contributed by atoms with E-state index in [-0.39, 0.29) is 18.6 Å². The van der Waals surface area contributed by atoms with Crippen molar-refractivity contribution in [2.45, 2.75) is 44.8 Å². The number of hydrogen-bond acceptors (Lipinski definition) is 6. The van der Waals surface area contributed by atoms with Crippen LogP contribution in [0.4, 0.5) is 11.6 Å². The van der Waals surface area contributed by atoms with Gasteiger partial charge in [0.1, 0.15) is 18.0 Å². The van der Waals surface area contributed by atoms with Crippen molar-refractivity contribution in [3.63, 3.8) is 0 Å². The first kappa shape index (κ1) is 18.7. The average Bonchev–Trinajstić information content (AvgIpc) is 3.37. The molecule has 3 heterocycles. The zero-order valence-corrected chi connectivity index (χ0v) is 16.0. The van der Waals surface area contributed by atoms with Gasteiger partial charge in [-0.3, -0.25) is 4.79 Å². The van der Waals surface area contributed by atoms with Crippen LogP contribution in [0, 0.1) is 0 Å². The van der Waals surface area contributed by atoms with E-state index in [2.05, 4.69) is 44.5 Å². The van der Waals surface area contributed by atoms with Crippen LogP contribution in [0.3, 0.4) is 0 Å². The molecule has 0 aliphatic carbocycles. The third-order valence-corrected chi connectivity index (χ3v) is 5.58. The highest BCUT2D eigenvalue weighted by Gasteiger charge is 2.25. The Hall–Kier alpha value is -2.67. The third-order valence-electron chi connectivity index (χ3n) is 5.58. The molecule has 1 atom stereocenters. The molecule has 148 valence electrons. The smallest absolute Gasteiger partial charge is 0.222 e. The minimum Gasteiger partial charge on any atom is -0.394 e. The van der Waals surface area contributed by atoms with Crippen LogP contribution in [-0.2, 0) is 17.9 Å². The van der Waals surface area contributed by atoms with Gasteiger partial charge in [0.05, 0.1) is 12.6 Å². The second-order valence-electron chi connectivity index (χ2n) is 7.52. The van der Waals surface area contributed by atoms with Gasteiger partial charge in [0.2, 0.25) is 5.91 Å². The quantitative estimate of drug-likeness (QED) is 0.765. The van der Waals surface area contributed by atoms with E-state index < -0.39 is 0 Å². The highest BCUT2D eigenvalue weighted by Crippen LogP contribution is 2.24. The van der Waals surface area contributed by atoms with Gasteiger partial charge in [-0.2, -0.15) is 0 Å². The van der Waals surface area contributed by atoms with Gasteiger partial charge < -0.3 is 20.2 Å². The predicted octanol–water partition coefficient (Wildman–Crippen LogP) is 2.17. The first-order valence-electron chi connectivity index (χ1n) is 10.0. The van der Waals surface area contributed by atoms with E-state index >= 15 is 0 Å². The summed E-state index contributed by atoms with van der Waals surface area (Å²) < 4.78 is 0. The fourth-order valence-corrected chi connectivity index (χ4v) is 3.97. The molecule has 2 aliphatic heterocycles. The van der Waals surface area contributed by atoms with Crippen molar-refractivity contribution in [2.24, 2.45) is 0 Å². The summed E-state index contributed by atoms with van der Waals surface area (Å²) in [5, 5.41) is 12.9. The molecule has 4 rings (SSSR count). The lowest BCUT2D eigenvalue weighted by Gasteiger charge is -2.24. The molecule has 1 unspecified atom stereocenters. The lowest BCUT2D eigenvalue weighted by Crippen LogP contribution is -2.32. The maximum absolute atomic E-state index is 11.8. The van der Waals surface area contributed by atoms with Gasteiger partial charge in [-0.25, -0.2) is 9.97 Å². The Morgan fingerprint density at radius 2 is 1.93 bits per heavy atom. The molecule has 2 aromatic rings. The summed E-state index contributed by atoms with van der Waals surface area (Å²) in [6.45, 7) is 3.31. The van der Waals surface area contributed by atoms with Gasteiger partial charge in [0.25, 0.3) is 0 Å². The zero-order valence-electron chi connectivity index (χ0n) is 16.0. The molecule has 0 radical (unpaired) electrons. The summed E-state index contributed by atoms with van der Waals surface area (Å²) in [6.07, 6.45) is 5.30. The number of aliphatic hydroxyl groups is 1. The molecule has 2 fully saturated rings. The molecule has 1 aromatic carbocycles. The Labute approximate surface area is 165 Å². The van der Waals surface area contributed by atoms with Crippen LogP contribution in [0.15, 0.2) is 36.7 Å². The topological polar surface area (TPSA) is 81.6 Å². The van der Waals surface area contributed by atoms with E-state index in [4.69, 9.17) is 0 Å². The second-order valence-corrected chi connectivity index (χ2v) is 7.52. The molecule has 0 bridgehead atoms. The van der Waals surface area contributed by atoms with Crippen molar-refractivity contribution in [1.29, 1.82) is 0 Å². The number of nitrogens with zero attached hydrogens (tertiary/aromatic N) is 4. The highest BCUT2D eigenvalue weighted by atomic mass is 16.3. The van der Waals surface area contributed by atoms with Crippen LogP contribution in [0.5, 0.6) is 0 Å². The fourth-order valence-electron chi connectivity index (χ4n) is 3.97. The predicted molar refractivity (Wildman–Crippen MR) is 108 cm³/mol. The van der Waals surface area contributed by atoms with Gasteiger partial charge in [-0.15, -0.1) is 0 Å². The van der Waals surface area contributed by atoms with Crippen LogP contribution in [0.2, 0.25) is 0 Å². The molecule has 0 spiro atoms. The number of anilines is 2. The van der Waals surface area contributed by atoms with Crippen LogP contribution >= 0.6 is 0 Å². The van der Waals surface area contributed by atoms with E-state index in [0.29, 0.717) is 19.5 Å². The van der Waals surface area contributed by atoms with Gasteiger partial charge in [-0.1, -0.05) is 24.3 Å². The number of carbonyl (C=O) groups is 1. The molecule has 1 amide bonds. The lowest BCUT2D eigenvalue weighted by molar-refractivity contribution is -0.128. The van der Waals surface area contributed by atoms with Gasteiger partial charge in [0.15, 0.2) is 0 Å². The van der Waals surface area contributed by atoms with Crippen LogP contribution in [-0.4, -0.2) is 51.6 Å². The molecule has 2 N–H and O–H groups in total. The summed E-state index contributed by atoms with van der Waals surface area (Å²) >= 11 is 0. The summed E-state index contributed by atoms with van der Waals surface area (Å²) in [4.78, 5) is 24.5. The first-order valence-corrected chi connectivity index (χ1v) is 10.0. The molecule has 2 saturated heterocycles. The number of aromatic nitrogens is 2. The zero-order chi connectivity index (χ0) is 19.3. The van der Waals surface area contributed by atoms with E-state index in [9.17, 15) is 9.90 Å². The number of hydrogen-bond donors (Lipinski definition) is 2. The van der Waals surface area contributed by atoms with E-state index in [1.54, 1.807) is 6.33 Å². The van der Waals surface area contributed by atoms with E-state index in [1.807, 2.05) is 11.0 Å². The fraction of sp³-hybridized carbons (Fsp3) is 0.476. The number of likely N-dealkylation sites (tertiary alicyclic amines) is 1. The summed E-state index contributed by atoms with van der Waals surface area (Å²) in [6, 6.07) is 10.5. The molecule has 0 saturated carbocycles. The minimum atomic E-state index is 0.151. The Balaban J connectivity index is 1.34. The van der Waals surface area contributed by atoms with Crippen molar-refractivity contribution in [2.75, 3.05) is 29.9 Å². The standard InChI is InChI=1S/C21H27N5O2/c27-14-18-3-1-10-26(18)20-11-19(23-15-24-20)22-12-16-5-7-17(8-6-16)13-25-9-2-4-21(25)28/h5-8,11,15,18,27H,1-4,9-10,12-14H2,(H,22,23,24). The van der Waals surface area contributed by atoms with Crippen molar-refractivity contribution in [3.8, 4) is 0 Å². The SMILES string of the molecule is O=C1CCCN1Cc1ccc(CNc2cc(N3CCCC3CO)ncn2)cc1. The second kappa shape index (κ2) is 8.56. The number of benzene rings is 1. The van der Waals surface area contributed by atoms with Crippen molar-refractivity contribution >= 4 is 17.5 Å². The first-order chi connectivity index (χ1) is 13.7. The maximum Gasteiger partial charge on any atom is 0.222 e. The number of carbonyl (C=O) groups excluding carboxylic acids is 1. The summed E-state index contributed by atoms with van der Waals surface area (Å²) in [5.41, 5.74) is 2.32. The molecule has 2 aliphatic rings. The summed E-state index contributed by atoms with van der Waals surface area (Å²) in [5.74, 6) is 1.90. The Morgan fingerprint density at radius 1 is 1.11 bits per heavy atom. The van der Waals surface area contributed by atoms with Gasteiger partial charge in [0, 0.05) is 38.7 Å². The van der Waals surface area contributed by atoms with E-state index in [0.717, 1.165) is 55.1 Å². The van der Waals surface area contributed by atoms with Crippen molar-refractivity contribution in [1.82, 2.24) is 14.9 Å². The Kier molecular flexibility index (Phi) is 5.71. The highest BCUT2D eigenvalue weighted by molar-refractivity contribution is 5.78. The van der Waals surface area contributed by atoms with Crippen molar-refractivity contribution < 1.29 is 9.90 Å². The largest absolute Gasteiger partial charge is 0.394 e. The Morgan fingerprint density at radius 3 is 2.68 bits per heavy atom.